The number of ether oxygens (including phenoxy) is 2. The minimum Gasteiger partial charge on any atom is -0.497 e. The molecule has 1 amide bonds. The zero-order valence-electron chi connectivity index (χ0n) is 16.6. The van der Waals surface area contributed by atoms with E-state index in [2.05, 4.69) is 15.3 Å². The van der Waals surface area contributed by atoms with Crippen LogP contribution in [0, 0.1) is 5.82 Å². The van der Waals surface area contributed by atoms with Crippen LogP contribution in [-0.4, -0.2) is 23.0 Å². The molecule has 0 aliphatic carbocycles. The molecule has 4 rings (SSSR count). The Labute approximate surface area is 178 Å². The first-order chi connectivity index (χ1) is 15.1. The maximum atomic E-state index is 13.0. The van der Waals surface area contributed by atoms with Crippen LogP contribution in [0.25, 0.3) is 11.3 Å². The second-order valence-electron chi connectivity index (χ2n) is 6.56. The van der Waals surface area contributed by atoms with E-state index in [4.69, 9.17) is 9.47 Å². The minimum atomic E-state index is -0.359. The molecule has 154 valence electrons. The van der Waals surface area contributed by atoms with E-state index in [9.17, 15) is 9.18 Å². The number of carbonyl (C=O) groups is 1. The average molecular weight is 415 g/mol. The summed E-state index contributed by atoms with van der Waals surface area (Å²) in [6.45, 7) is 0. The van der Waals surface area contributed by atoms with E-state index in [1.54, 1.807) is 49.6 Å². The van der Waals surface area contributed by atoms with E-state index in [0.29, 0.717) is 34.3 Å². The number of hydrogen-bond donors (Lipinski definition) is 1. The SMILES string of the molecule is COc1cccc(Oc2cc(-c3ccc(C(=O)Nc4ccc(F)cc4)cc3)ncn2)c1. The van der Waals surface area contributed by atoms with E-state index in [0.717, 1.165) is 5.56 Å². The predicted molar refractivity (Wildman–Crippen MR) is 115 cm³/mol. The van der Waals surface area contributed by atoms with Crippen LogP contribution in [-0.2, 0) is 0 Å². The summed E-state index contributed by atoms with van der Waals surface area (Å²) in [5.41, 5.74) is 2.44. The molecule has 7 heteroatoms. The molecule has 4 aromatic rings. The molecule has 6 nitrogen and oxygen atoms in total. The van der Waals surface area contributed by atoms with Crippen LogP contribution in [0.2, 0.25) is 0 Å². The van der Waals surface area contributed by atoms with Crippen LogP contribution in [0.1, 0.15) is 10.4 Å². The van der Waals surface area contributed by atoms with Crippen molar-refractivity contribution in [3.05, 3.63) is 96.6 Å². The molecule has 0 unspecified atom stereocenters. The van der Waals surface area contributed by atoms with Gasteiger partial charge in [-0.2, -0.15) is 0 Å². The first kappa shape index (κ1) is 20.0. The Kier molecular flexibility index (Phi) is 5.84. The summed E-state index contributed by atoms with van der Waals surface area (Å²) >= 11 is 0. The molecule has 31 heavy (non-hydrogen) atoms. The summed E-state index contributed by atoms with van der Waals surface area (Å²) in [5.74, 6) is 1.01. The van der Waals surface area contributed by atoms with E-state index < -0.39 is 0 Å². The lowest BCUT2D eigenvalue weighted by atomic mass is 10.1. The number of amides is 1. The molecule has 0 fully saturated rings. The molecule has 3 aromatic carbocycles. The zero-order valence-corrected chi connectivity index (χ0v) is 16.6. The standard InChI is InChI=1S/C24H18FN3O3/c1-30-20-3-2-4-21(13-20)31-23-14-22(26-15-27-23)16-5-7-17(8-6-16)24(29)28-19-11-9-18(25)10-12-19/h2-15H,1H3,(H,28,29). The van der Waals surface area contributed by atoms with E-state index in [-0.39, 0.29) is 11.7 Å². The van der Waals surface area contributed by atoms with Gasteiger partial charge in [-0.05, 0) is 48.5 Å². The smallest absolute Gasteiger partial charge is 0.255 e. The van der Waals surface area contributed by atoms with E-state index in [1.165, 1.54) is 30.6 Å². The van der Waals surface area contributed by atoms with Gasteiger partial charge in [0.2, 0.25) is 5.88 Å². The fraction of sp³-hybridized carbons (Fsp3) is 0.0417. The highest BCUT2D eigenvalue weighted by Gasteiger charge is 2.09. The van der Waals surface area contributed by atoms with Crippen LogP contribution < -0.4 is 14.8 Å². The van der Waals surface area contributed by atoms with Crippen LogP contribution in [0.4, 0.5) is 10.1 Å². The van der Waals surface area contributed by atoms with Gasteiger partial charge in [-0.3, -0.25) is 4.79 Å². The van der Waals surface area contributed by atoms with Crippen molar-refractivity contribution in [2.45, 2.75) is 0 Å². The van der Waals surface area contributed by atoms with Crippen molar-refractivity contribution in [1.29, 1.82) is 0 Å². The number of halogens is 1. The van der Waals surface area contributed by atoms with Crippen LogP contribution >= 0.6 is 0 Å². The maximum Gasteiger partial charge on any atom is 0.255 e. The third kappa shape index (κ3) is 5.02. The lowest BCUT2D eigenvalue weighted by Crippen LogP contribution is -2.11. The van der Waals surface area contributed by atoms with Gasteiger partial charge in [-0.1, -0.05) is 18.2 Å². The summed E-state index contributed by atoms with van der Waals surface area (Å²) in [4.78, 5) is 20.8. The number of aromatic nitrogens is 2. The van der Waals surface area contributed by atoms with Crippen molar-refractivity contribution in [1.82, 2.24) is 9.97 Å². The first-order valence-corrected chi connectivity index (χ1v) is 9.42. The molecule has 0 saturated carbocycles. The number of nitrogens with one attached hydrogen (secondary N) is 1. The largest absolute Gasteiger partial charge is 0.497 e. The van der Waals surface area contributed by atoms with Gasteiger partial charge in [0.1, 0.15) is 23.6 Å². The number of nitrogens with zero attached hydrogens (tertiary/aromatic N) is 2. The van der Waals surface area contributed by atoms with Gasteiger partial charge in [-0.25, -0.2) is 14.4 Å². The quantitative estimate of drug-likeness (QED) is 0.460. The number of methoxy groups -OCH3 is 1. The van der Waals surface area contributed by atoms with Crippen LogP contribution in [0.3, 0.4) is 0 Å². The average Bonchev–Trinajstić information content (AvgIpc) is 2.81. The summed E-state index contributed by atoms with van der Waals surface area (Å²) in [6, 6.07) is 21.5. The highest BCUT2D eigenvalue weighted by molar-refractivity contribution is 6.04. The number of carbonyl (C=O) groups excluding carboxylic acids is 1. The van der Waals surface area contributed by atoms with Gasteiger partial charge >= 0.3 is 0 Å². The maximum absolute atomic E-state index is 13.0. The van der Waals surface area contributed by atoms with Crippen LogP contribution in [0.5, 0.6) is 17.4 Å². The van der Waals surface area contributed by atoms with Crippen molar-refractivity contribution in [3.8, 4) is 28.6 Å². The molecule has 1 N–H and O–H groups in total. The second-order valence-corrected chi connectivity index (χ2v) is 6.56. The Balaban J connectivity index is 1.47. The molecule has 0 radical (unpaired) electrons. The molecule has 0 bridgehead atoms. The molecule has 0 spiro atoms. The molecule has 0 atom stereocenters. The topological polar surface area (TPSA) is 73.3 Å². The third-order valence-electron chi connectivity index (χ3n) is 4.45. The van der Waals surface area contributed by atoms with E-state index in [1.807, 2.05) is 12.1 Å². The lowest BCUT2D eigenvalue weighted by Gasteiger charge is -2.08. The zero-order chi connectivity index (χ0) is 21.6. The van der Waals surface area contributed by atoms with Gasteiger partial charge in [0.15, 0.2) is 0 Å². The van der Waals surface area contributed by atoms with Gasteiger partial charge in [0.05, 0.1) is 12.8 Å². The summed E-state index contributed by atoms with van der Waals surface area (Å²) < 4.78 is 24.0. The normalized spacial score (nSPS) is 10.4. The van der Waals surface area contributed by atoms with Gasteiger partial charge in [0, 0.05) is 28.9 Å². The molecular formula is C24H18FN3O3. The van der Waals surface area contributed by atoms with Crippen molar-refractivity contribution < 1.29 is 18.7 Å². The van der Waals surface area contributed by atoms with Crippen LogP contribution in [0.15, 0.2) is 85.2 Å². The number of hydrogen-bond acceptors (Lipinski definition) is 5. The Bertz CT molecular complexity index is 1200. The first-order valence-electron chi connectivity index (χ1n) is 9.42. The third-order valence-corrected chi connectivity index (χ3v) is 4.45. The number of rotatable bonds is 6. The molecule has 0 aliphatic rings. The van der Waals surface area contributed by atoms with Crippen molar-refractivity contribution in [2.75, 3.05) is 12.4 Å². The fourth-order valence-corrected chi connectivity index (χ4v) is 2.87. The molecule has 1 aromatic heterocycles. The number of anilines is 1. The molecular weight excluding hydrogens is 397 g/mol. The van der Waals surface area contributed by atoms with Crippen molar-refractivity contribution >= 4 is 11.6 Å². The lowest BCUT2D eigenvalue weighted by molar-refractivity contribution is 0.102. The van der Waals surface area contributed by atoms with Crippen molar-refractivity contribution in [3.63, 3.8) is 0 Å². The Morgan fingerprint density at radius 3 is 2.39 bits per heavy atom. The molecule has 0 aliphatic heterocycles. The van der Waals surface area contributed by atoms with Crippen molar-refractivity contribution in [2.24, 2.45) is 0 Å². The van der Waals surface area contributed by atoms with Gasteiger partial charge in [0.25, 0.3) is 5.91 Å². The molecule has 1 heterocycles. The summed E-state index contributed by atoms with van der Waals surface area (Å²) in [6.07, 6.45) is 1.42. The van der Waals surface area contributed by atoms with Gasteiger partial charge < -0.3 is 14.8 Å². The highest BCUT2D eigenvalue weighted by Crippen LogP contribution is 2.26. The predicted octanol–water partition coefficient (Wildman–Crippen LogP) is 5.34. The second kappa shape index (κ2) is 9.04. The highest BCUT2D eigenvalue weighted by atomic mass is 19.1. The minimum absolute atomic E-state index is 0.289. The van der Waals surface area contributed by atoms with Gasteiger partial charge in [-0.15, -0.1) is 0 Å². The Morgan fingerprint density at radius 1 is 0.903 bits per heavy atom. The molecule has 0 saturated heterocycles. The number of benzene rings is 3. The summed E-state index contributed by atoms with van der Waals surface area (Å²) in [7, 11) is 1.59. The van der Waals surface area contributed by atoms with E-state index >= 15 is 0 Å². The monoisotopic (exact) mass is 415 g/mol. The Morgan fingerprint density at radius 2 is 1.65 bits per heavy atom. The summed E-state index contributed by atoms with van der Waals surface area (Å²) in [5, 5.41) is 2.73. The Hall–Kier alpha value is -4.26. The fourth-order valence-electron chi connectivity index (χ4n) is 2.87.